The molecule has 5 nitrogen and oxygen atoms in total. The average Bonchev–Trinajstić information content (AvgIpc) is 2.51. The van der Waals surface area contributed by atoms with E-state index < -0.39 is 22.0 Å². The highest BCUT2D eigenvalue weighted by Gasteiger charge is 2.29. The molecule has 0 aromatic heterocycles. The third-order valence-electron chi connectivity index (χ3n) is 3.90. The fourth-order valence-corrected chi connectivity index (χ4v) is 4.29. The summed E-state index contributed by atoms with van der Waals surface area (Å²) < 4.78 is 25.6. The van der Waals surface area contributed by atoms with E-state index in [1.54, 1.807) is 0 Å². The van der Waals surface area contributed by atoms with Crippen LogP contribution in [-0.2, 0) is 21.4 Å². The summed E-state index contributed by atoms with van der Waals surface area (Å²) in [6, 6.07) is 11.1. The number of nitrogens with one attached hydrogen (secondary N) is 1. The number of hydrogen-bond donors (Lipinski definition) is 1. The van der Waals surface area contributed by atoms with Gasteiger partial charge in [0.25, 0.3) is 0 Å². The number of sulfonamides is 1. The van der Waals surface area contributed by atoms with Gasteiger partial charge in [0.05, 0.1) is 11.9 Å². The summed E-state index contributed by atoms with van der Waals surface area (Å²) in [6.07, 6.45) is 1.03. The van der Waals surface area contributed by atoms with Gasteiger partial charge in [-0.25, -0.2) is 8.42 Å². The Morgan fingerprint density at radius 3 is 2.27 bits per heavy atom. The topological polar surface area (TPSA) is 66.5 Å². The van der Waals surface area contributed by atoms with Gasteiger partial charge in [-0.3, -0.25) is 9.10 Å². The second-order valence-electron chi connectivity index (χ2n) is 6.01. The van der Waals surface area contributed by atoms with Crippen LogP contribution in [0.1, 0.15) is 18.1 Å². The van der Waals surface area contributed by atoms with E-state index in [4.69, 9.17) is 23.2 Å². The zero-order chi connectivity index (χ0) is 19.5. The first-order valence-electron chi connectivity index (χ1n) is 7.87. The van der Waals surface area contributed by atoms with Crippen LogP contribution in [0, 0.1) is 6.92 Å². The van der Waals surface area contributed by atoms with Crippen LogP contribution in [0.15, 0.2) is 42.5 Å². The predicted molar refractivity (Wildman–Crippen MR) is 106 cm³/mol. The molecule has 0 aliphatic rings. The van der Waals surface area contributed by atoms with Gasteiger partial charge in [0.15, 0.2) is 0 Å². The predicted octanol–water partition coefficient (Wildman–Crippen LogP) is 3.77. The maximum absolute atomic E-state index is 12.6. The van der Waals surface area contributed by atoms with Crippen molar-refractivity contribution in [3.63, 3.8) is 0 Å². The molecule has 0 saturated carbocycles. The first-order chi connectivity index (χ1) is 12.1. The summed E-state index contributed by atoms with van der Waals surface area (Å²) in [4.78, 5) is 12.6. The highest BCUT2D eigenvalue weighted by atomic mass is 35.5. The molecular weight excluding hydrogens is 395 g/mol. The van der Waals surface area contributed by atoms with E-state index in [-0.39, 0.29) is 15.7 Å². The lowest BCUT2D eigenvalue weighted by molar-refractivity contribution is -0.122. The van der Waals surface area contributed by atoms with Crippen LogP contribution >= 0.6 is 23.2 Å². The normalized spacial score (nSPS) is 12.5. The Morgan fingerprint density at radius 1 is 1.15 bits per heavy atom. The summed E-state index contributed by atoms with van der Waals surface area (Å²) in [6.45, 7) is 3.77. The Hall–Kier alpha value is -1.76. The van der Waals surface area contributed by atoms with Crippen LogP contribution in [0.5, 0.6) is 0 Å². The molecule has 2 rings (SSSR count). The van der Waals surface area contributed by atoms with Gasteiger partial charge >= 0.3 is 0 Å². The number of benzene rings is 2. The van der Waals surface area contributed by atoms with Crippen molar-refractivity contribution in [1.82, 2.24) is 5.32 Å². The number of nitrogens with zero attached hydrogens (tertiary/aromatic N) is 1. The van der Waals surface area contributed by atoms with Gasteiger partial charge in [0.1, 0.15) is 6.04 Å². The Kier molecular flexibility index (Phi) is 6.55. The van der Waals surface area contributed by atoms with E-state index in [2.05, 4.69) is 5.32 Å². The Morgan fingerprint density at radius 2 is 1.73 bits per heavy atom. The van der Waals surface area contributed by atoms with Crippen molar-refractivity contribution < 1.29 is 13.2 Å². The van der Waals surface area contributed by atoms with Gasteiger partial charge in [-0.1, -0.05) is 47.5 Å². The number of anilines is 1. The maximum atomic E-state index is 12.6. The van der Waals surface area contributed by atoms with Crippen molar-refractivity contribution >= 4 is 44.8 Å². The maximum Gasteiger partial charge on any atom is 0.243 e. The summed E-state index contributed by atoms with van der Waals surface area (Å²) in [5, 5.41) is 3.35. The van der Waals surface area contributed by atoms with Gasteiger partial charge in [0.2, 0.25) is 15.9 Å². The van der Waals surface area contributed by atoms with Crippen LogP contribution in [0.25, 0.3) is 0 Å². The van der Waals surface area contributed by atoms with Crippen molar-refractivity contribution in [2.24, 2.45) is 0 Å². The minimum absolute atomic E-state index is 0.239. The van der Waals surface area contributed by atoms with Gasteiger partial charge in [-0.05, 0) is 43.2 Å². The number of carbonyl (C=O) groups excluding carboxylic acids is 1. The van der Waals surface area contributed by atoms with Crippen molar-refractivity contribution in [3.05, 3.63) is 63.6 Å². The van der Waals surface area contributed by atoms with Crippen LogP contribution in [-0.4, -0.2) is 26.6 Å². The molecule has 8 heteroatoms. The molecule has 140 valence electrons. The molecule has 0 radical (unpaired) electrons. The standard InChI is InChI=1S/C18H20Cl2N2O3S/c1-12-6-4-5-7-14(12)11-21-18(23)13(2)22(26(3,24)25)17-9-15(19)8-16(20)10-17/h4-10,13H,11H2,1-3H3,(H,21,23)/t13-/m1/s1. The van der Waals surface area contributed by atoms with E-state index in [0.717, 1.165) is 21.7 Å². The molecule has 0 aliphatic heterocycles. The minimum atomic E-state index is -3.73. The van der Waals surface area contributed by atoms with E-state index in [1.807, 2.05) is 31.2 Å². The molecule has 26 heavy (non-hydrogen) atoms. The average molecular weight is 415 g/mol. The zero-order valence-corrected chi connectivity index (χ0v) is 17.0. The highest BCUT2D eigenvalue weighted by molar-refractivity contribution is 7.92. The molecule has 2 aromatic carbocycles. The Bertz CT molecular complexity index is 896. The van der Waals surface area contributed by atoms with E-state index in [9.17, 15) is 13.2 Å². The molecule has 0 bridgehead atoms. The van der Waals surface area contributed by atoms with Gasteiger partial charge < -0.3 is 5.32 Å². The number of aryl methyl sites for hydroxylation is 1. The molecule has 1 atom stereocenters. The second-order valence-corrected chi connectivity index (χ2v) is 8.74. The molecule has 0 heterocycles. The molecule has 0 unspecified atom stereocenters. The molecule has 0 fully saturated rings. The number of amides is 1. The Labute approximate surface area is 164 Å². The minimum Gasteiger partial charge on any atom is -0.350 e. The first-order valence-corrected chi connectivity index (χ1v) is 10.5. The lowest BCUT2D eigenvalue weighted by atomic mass is 10.1. The van der Waals surface area contributed by atoms with Crippen LogP contribution < -0.4 is 9.62 Å². The molecule has 0 spiro atoms. The van der Waals surface area contributed by atoms with Crippen LogP contribution in [0.3, 0.4) is 0 Å². The molecule has 0 saturated heterocycles. The smallest absolute Gasteiger partial charge is 0.243 e. The van der Waals surface area contributed by atoms with E-state index >= 15 is 0 Å². The molecule has 2 aromatic rings. The van der Waals surface area contributed by atoms with Crippen molar-refractivity contribution in [3.8, 4) is 0 Å². The van der Waals surface area contributed by atoms with Crippen molar-refractivity contribution in [1.29, 1.82) is 0 Å². The number of carbonyl (C=O) groups is 1. The lowest BCUT2D eigenvalue weighted by Gasteiger charge is -2.28. The summed E-state index contributed by atoms with van der Waals surface area (Å²) in [7, 11) is -3.73. The number of hydrogen-bond acceptors (Lipinski definition) is 3. The third kappa shape index (κ3) is 5.13. The summed E-state index contributed by atoms with van der Waals surface area (Å²) in [5.74, 6) is -0.422. The molecule has 1 amide bonds. The van der Waals surface area contributed by atoms with E-state index in [1.165, 1.54) is 25.1 Å². The van der Waals surface area contributed by atoms with Crippen LogP contribution in [0.4, 0.5) is 5.69 Å². The van der Waals surface area contributed by atoms with Gasteiger partial charge in [-0.2, -0.15) is 0 Å². The quantitative estimate of drug-likeness (QED) is 0.781. The Balaban J connectivity index is 2.25. The van der Waals surface area contributed by atoms with Gasteiger partial charge in [0, 0.05) is 16.6 Å². The third-order valence-corrected chi connectivity index (χ3v) is 5.58. The second kappa shape index (κ2) is 8.29. The first kappa shape index (κ1) is 20.6. The summed E-state index contributed by atoms with van der Waals surface area (Å²) in [5.41, 5.74) is 2.25. The highest BCUT2D eigenvalue weighted by Crippen LogP contribution is 2.28. The lowest BCUT2D eigenvalue weighted by Crippen LogP contribution is -2.47. The van der Waals surface area contributed by atoms with Crippen molar-refractivity contribution in [2.45, 2.75) is 26.4 Å². The fourth-order valence-electron chi connectivity index (χ4n) is 2.61. The fraction of sp³-hybridized carbons (Fsp3) is 0.278. The zero-order valence-electron chi connectivity index (χ0n) is 14.7. The molecule has 0 aliphatic carbocycles. The number of halogens is 2. The summed E-state index contributed by atoms with van der Waals surface area (Å²) >= 11 is 12.0. The van der Waals surface area contributed by atoms with E-state index in [0.29, 0.717) is 6.54 Å². The van der Waals surface area contributed by atoms with Crippen molar-refractivity contribution in [2.75, 3.05) is 10.6 Å². The largest absolute Gasteiger partial charge is 0.350 e. The molecular formula is C18H20Cl2N2O3S. The van der Waals surface area contributed by atoms with Gasteiger partial charge in [-0.15, -0.1) is 0 Å². The molecule has 1 N–H and O–H groups in total. The number of rotatable bonds is 6. The monoisotopic (exact) mass is 414 g/mol. The SMILES string of the molecule is Cc1ccccc1CNC(=O)[C@@H](C)N(c1cc(Cl)cc(Cl)c1)S(C)(=O)=O. The van der Waals surface area contributed by atoms with Crippen LogP contribution in [0.2, 0.25) is 10.0 Å².